The third-order valence-corrected chi connectivity index (χ3v) is 4.94. The number of aromatic nitrogens is 3. The molecule has 2 aromatic rings. The molecule has 1 saturated carbocycles. The van der Waals surface area contributed by atoms with Crippen LogP contribution in [-0.2, 0) is 13.1 Å². The predicted molar refractivity (Wildman–Crippen MR) is 91.1 cm³/mol. The molecule has 0 amide bonds. The number of nitriles is 1. The summed E-state index contributed by atoms with van der Waals surface area (Å²) < 4.78 is 7.22. The normalized spacial score (nSPS) is 18.2. The Bertz CT molecular complexity index is 821. The Morgan fingerprint density at radius 2 is 2.24 bits per heavy atom. The minimum Gasteiger partial charge on any atom is -0.480 e. The van der Waals surface area contributed by atoms with Gasteiger partial charge in [0.2, 0.25) is 5.88 Å². The van der Waals surface area contributed by atoms with Gasteiger partial charge in [0.15, 0.2) is 0 Å². The van der Waals surface area contributed by atoms with E-state index in [4.69, 9.17) is 4.74 Å². The average molecular weight is 339 g/mol. The first-order valence-corrected chi connectivity index (χ1v) is 8.64. The smallest absolute Gasteiger partial charge is 0.233 e. The summed E-state index contributed by atoms with van der Waals surface area (Å²) in [6, 6.07) is 6.07. The zero-order chi connectivity index (χ0) is 17.4. The van der Waals surface area contributed by atoms with Crippen molar-refractivity contribution in [2.45, 2.75) is 38.5 Å². The maximum atomic E-state index is 10.4. The topological polar surface area (TPSA) is 87.2 Å². The summed E-state index contributed by atoms with van der Waals surface area (Å²) in [5.74, 6) is 0.715. The number of hydrogen-bond acceptors (Lipinski definition) is 6. The van der Waals surface area contributed by atoms with Gasteiger partial charge in [-0.05, 0) is 37.3 Å². The van der Waals surface area contributed by atoms with Crippen molar-refractivity contribution < 1.29 is 9.84 Å². The third-order valence-electron chi connectivity index (χ3n) is 4.94. The molecule has 2 aliphatic rings. The summed E-state index contributed by atoms with van der Waals surface area (Å²) in [4.78, 5) is 6.29. The molecule has 0 radical (unpaired) electrons. The summed E-state index contributed by atoms with van der Waals surface area (Å²) in [5, 5.41) is 24.5. The van der Waals surface area contributed by atoms with Crippen LogP contribution in [0.2, 0.25) is 0 Å². The lowest BCUT2D eigenvalue weighted by atomic mass is 10.1. The molecule has 4 rings (SSSR count). The number of aryl methyl sites for hydroxylation is 1. The fourth-order valence-corrected chi connectivity index (χ4v) is 3.44. The number of ether oxygens (including phenoxy) is 1. The van der Waals surface area contributed by atoms with Crippen molar-refractivity contribution in [2.75, 3.05) is 18.6 Å². The molecule has 1 fully saturated rings. The highest BCUT2D eigenvalue weighted by Gasteiger charge is 2.33. The lowest BCUT2D eigenvalue weighted by Crippen LogP contribution is -2.23. The van der Waals surface area contributed by atoms with Gasteiger partial charge in [-0.1, -0.05) is 0 Å². The molecule has 1 aliphatic carbocycles. The van der Waals surface area contributed by atoms with Crippen LogP contribution in [0.15, 0.2) is 18.3 Å². The summed E-state index contributed by atoms with van der Waals surface area (Å²) in [5.41, 5.74) is 3.11. The van der Waals surface area contributed by atoms with Crippen LogP contribution in [-0.4, -0.2) is 33.5 Å². The maximum absolute atomic E-state index is 10.4. The van der Waals surface area contributed by atoms with E-state index in [0.717, 1.165) is 49.4 Å². The average Bonchev–Trinajstić information content (AvgIpc) is 3.44. The lowest BCUT2D eigenvalue weighted by Gasteiger charge is -2.23. The number of methoxy groups -OCH3 is 1. The number of aliphatic hydroxyl groups excluding tert-OH is 1. The van der Waals surface area contributed by atoms with E-state index in [2.05, 4.69) is 21.1 Å². The van der Waals surface area contributed by atoms with Gasteiger partial charge in [-0.3, -0.25) is 4.68 Å². The van der Waals surface area contributed by atoms with E-state index in [1.54, 1.807) is 6.20 Å². The van der Waals surface area contributed by atoms with Crippen LogP contribution in [0.5, 0.6) is 5.88 Å². The fraction of sp³-hybridized carbons (Fsp3) is 0.500. The highest BCUT2D eigenvalue weighted by molar-refractivity contribution is 5.63. The molecule has 1 unspecified atom stereocenters. The molecule has 7 nitrogen and oxygen atoms in total. The number of rotatable bonds is 4. The molecule has 0 bridgehead atoms. The van der Waals surface area contributed by atoms with Crippen LogP contribution < -0.4 is 9.64 Å². The van der Waals surface area contributed by atoms with Crippen molar-refractivity contribution in [3.05, 3.63) is 35.3 Å². The number of fused-ring (bicyclic) bond motifs is 1. The van der Waals surface area contributed by atoms with E-state index in [9.17, 15) is 10.4 Å². The zero-order valence-electron chi connectivity index (χ0n) is 14.2. The predicted octanol–water partition coefficient (Wildman–Crippen LogP) is 2.01. The summed E-state index contributed by atoms with van der Waals surface area (Å²) in [7, 11) is 1.52. The minimum absolute atomic E-state index is 0.350. The Labute approximate surface area is 146 Å². The highest BCUT2D eigenvalue weighted by Crippen LogP contribution is 2.40. The molecule has 0 saturated heterocycles. The van der Waals surface area contributed by atoms with Crippen LogP contribution in [0.3, 0.4) is 0 Å². The van der Waals surface area contributed by atoms with Crippen LogP contribution in [0.4, 0.5) is 5.69 Å². The zero-order valence-corrected chi connectivity index (χ0v) is 14.2. The number of pyridine rings is 1. The number of anilines is 1. The summed E-state index contributed by atoms with van der Waals surface area (Å²) in [6.07, 6.45) is 4.29. The van der Waals surface area contributed by atoms with Crippen LogP contribution >= 0.6 is 0 Å². The Kier molecular flexibility index (Phi) is 4.06. The molecule has 0 aromatic carbocycles. The van der Waals surface area contributed by atoms with E-state index in [1.807, 2.05) is 16.8 Å². The minimum atomic E-state index is -0.455. The van der Waals surface area contributed by atoms with Gasteiger partial charge in [-0.2, -0.15) is 10.4 Å². The molecule has 7 heteroatoms. The molecule has 1 N–H and O–H groups in total. The number of aliphatic hydroxyl groups is 1. The Balaban J connectivity index is 1.65. The van der Waals surface area contributed by atoms with Crippen LogP contribution in [0, 0.1) is 17.2 Å². The Morgan fingerprint density at radius 3 is 2.96 bits per heavy atom. The molecule has 130 valence electrons. The first kappa shape index (κ1) is 15.9. The number of hydrogen-bond donors (Lipinski definition) is 1. The lowest BCUT2D eigenvalue weighted by molar-refractivity contribution is 0.148. The van der Waals surface area contributed by atoms with E-state index in [1.165, 1.54) is 7.11 Å². The standard InChI is InChI=1S/C18H21N5O2/c1-25-18-14(10-19)16(5-6-20-18)22-7-2-8-23-13(11-22)9-15(21-23)17(24)12-3-4-12/h5-6,9,12,17,24H,2-4,7-8,11H2,1H3. The molecule has 1 aliphatic heterocycles. The van der Waals surface area contributed by atoms with Crippen LogP contribution in [0.1, 0.15) is 42.3 Å². The van der Waals surface area contributed by atoms with E-state index in [0.29, 0.717) is 23.9 Å². The Hall–Kier alpha value is -2.59. The summed E-state index contributed by atoms with van der Waals surface area (Å²) in [6.45, 7) is 2.28. The van der Waals surface area contributed by atoms with Gasteiger partial charge >= 0.3 is 0 Å². The van der Waals surface area contributed by atoms with Gasteiger partial charge in [0, 0.05) is 19.3 Å². The second-order valence-corrected chi connectivity index (χ2v) is 6.67. The second-order valence-electron chi connectivity index (χ2n) is 6.67. The van der Waals surface area contributed by atoms with Crippen molar-refractivity contribution in [2.24, 2.45) is 5.92 Å². The number of nitrogens with zero attached hydrogens (tertiary/aromatic N) is 5. The fourth-order valence-electron chi connectivity index (χ4n) is 3.44. The van der Waals surface area contributed by atoms with Crippen molar-refractivity contribution >= 4 is 5.69 Å². The third kappa shape index (κ3) is 2.94. The van der Waals surface area contributed by atoms with Gasteiger partial charge in [0.1, 0.15) is 17.7 Å². The van der Waals surface area contributed by atoms with E-state index >= 15 is 0 Å². The van der Waals surface area contributed by atoms with Gasteiger partial charge in [0.25, 0.3) is 0 Å². The van der Waals surface area contributed by atoms with E-state index in [-0.39, 0.29) is 0 Å². The molecule has 3 heterocycles. The van der Waals surface area contributed by atoms with Crippen LogP contribution in [0.25, 0.3) is 0 Å². The largest absolute Gasteiger partial charge is 0.480 e. The second kappa shape index (κ2) is 6.37. The summed E-state index contributed by atoms with van der Waals surface area (Å²) >= 11 is 0. The van der Waals surface area contributed by atoms with Gasteiger partial charge in [-0.25, -0.2) is 4.98 Å². The first-order chi connectivity index (χ1) is 12.2. The SMILES string of the molecule is COc1nccc(N2CCCn3nc(C(O)C4CC4)cc3C2)c1C#N. The van der Waals surface area contributed by atoms with Crippen molar-refractivity contribution in [1.29, 1.82) is 5.26 Å². The van der Waals surface area contributed by atoms with E-state index < -0.39 is 6.10 Å². The molecular weight excluding hydrogens is 318 g/mol. The quantitative estimate of drug-likeness (QED) is 0.917. The van der Waals surface area contributed by atoms with Crippen molar-refractivity contribution in [3.63, 3.8) is 0 Å². The van der Waals surface area contributed by atoms with Gasteiger partial charge in [0.05, 0.1) is 30.7 Å². The Morgan fingerprint density at radius 1 is 1.40 bits per heavy atom. The highest BCUT2D eigenvalue weighted by atomic mass is 16.5. The molecular formula is C18H21N5O2. The van der Waals surface area contributed by atoms with Crippen molar-refractivity contribution in [3.8, 4) is 11.9 Å². The maximum Gasteiger partial charge on any atom is 0.233 e. The molecule has 0 spiro atoms. The molecule has 25 heavy (non-hydrogen) atoms. The van der Waals surface area contributed by atoms with Gasteiger partial charge < -0.3 is 14.7 Å². The first-order valence-electron chi connectivity index (χ1n) is 8.64. The van der Waals surface area contributed by atoms with Crippen molar-refractivity contribution in [1.82, 2.24) is 14.8 Å². The molecule has 2 aromatic heterocycles. The monoisotopic (exact) mass is 339 g/mol. The molecule has 1 atom stereocenters. The van der Waals surface area contributed by atoms with Gasteiger partial charge in [-0.15, -0.1) is 0 Å².